The summed E-state index contributed by atoms with van der Waals surface area (Å²) in [6, 6.07) is 0. The van der Waals surface area contributed by atoms with Crippen LogP contribution in [0, 0.1) is 0 Å². The summed E-state index contributed by atoms with van der Waals surface area (Å²) in [6.45, 7) is 5.19. The quantitative estimate of drug-likeness (QED) is 0.598. The molecule has 1 N–H and O–H groups in total. The first-order valence-electron chi connectivity index (χ1n) is 5.02. The van der Waals surface area contributed by atoms with Gasteiger partial charge in [-0.3, -0.25) is 0 Å². The SMILES string of the molecule is CCCC[n+]1ccn(C(O)CC)c1.[Cl-]. The summed E-state index contributed by atoms with van der Waals surface area (Å²) in [5.41, 5.74) is 0. The molecule has 0 fully saturated rings. The van der Waals surface area contributed by atoms with E-state index in [1.165, 1.54) is 12.8 Å². The van der Waals surface area contributed by atoms with Gasteiger partial charge in [-0.05, 0) is 6.42 Å². The molecular weight excluding hydrogens is 200 g/mol. The molecule has 1 aromatic rings. The van der Waals surface area contributed by atoms with E-state index in [-0.39, 0.29) is 18.6 Å². The van der Waals surface area contributed by atoms with Gasteiger partial charge in [0.25, 0.3) is 0 Å². The molecular formula is C10H19ClN2O. The lowest BCUT2D eigenvalue weighted by Gasteiger charge is -2.01. The van der Waals surface area contributed by atoms with E-state index in [9.17, 15) is 5.11 Å². The molecule has 0 aliphatic rings. The molecule has 0 spiro atoms. The van der Waals surface area contributed by atoms with E-state index in [1.807, 2.05) is 30.2 Å². The first kappa shape index (κ1) is 13.5. The third-order valence-corrected chi connectivity index (χ3v) is 2.19. The number of rotatable bonds is 5. The summed E-state index contributed by atoms with van der Waals surface area (Å²) in [4.78, 5) is 0. The molecule has 0 saturated carbocycles. The van der Waals surface area contributed by atoms with E-state index in [0.717, 1.165) is 13.0 Å². The molecule has 82 valence electrons. The van der Waals surface area contributed by atoms with Gasteiger partial charge in [-0.2, -0.15) is 0 Å². The number of aliphatic hydroxyl groups is 1. The van der Waals surface area contributed by atoms with E-state index in [1.54, 1.807) is 0 Å². The van der Waals surface area contributed by atoms with Gasteiger partial charge >= 0.3 is 0 Å². The minimum atomic E-state index is -0.372. The molecule has 1 rings (SSSR count). The molecule has 0 amide bonds. The number of hydrogen-bond acceptors (Lipinski definition) is 1. The van der Waals surface area contributed by atoms with Gasteiger partial charge in [-0.1, -0.05) is 20.3 Å². The lowest BCUT2D eigenvalue weighted by atomic mass is 10.3. The van der Waals surface area contributed by atoms with Crippen molar-refractivity contribution < 1.29 is 22.1 Å². The first-order chi connectivity index (χ1) is 6.27. The zero-order chi connectivity index (χ0) is 9.68. The molecule has 0 bridgehead atoms. The topological polar surface area (TPSA) is 29.0 Å². The summed E-state index contributed by atoms with van der Waals surface area (Å²) in [5.74, 6) is 0. The largest absolute Gasteiger partial charge is 1.00 e. The van der Waals surface area contributed by atoms with Crippen molar-refractivity contribution in [3.63, 3.8) is 0 Å². The van der Waals surface area contributed by atoms with E-state index in [2.05, 4.69) is 11.5 Å². The van der Waals surface area contributed by atoms with Crippen LogP contribution in [0.25, 0.3) is 0 Å². The van der Waals surface area contributed by atoms with Crippen LogP contribution in [0.4, 0.5) is 0 Å². The zero-order valence-corrected chi connectivity index (χ0v) is 9.61. The fourth-order valence-corrected chi connectivity index (χ4v) is 1.27. The average molecular weight is 219 g/mol. The third-order valence-electron chi connectivity index (χ3n) is 2.19. The monoisotopic (exact) mass is 218 g/mol. The fourth-order valence-electron chi connectivity index (χ4n) is 1.27. The van der Waals surface area contributed by atoms with Crippen molar-refractivity contribution in [3.05, 3.63) is 18.7 Å². The molecule has 1 unspecified atom stereocenters. The van der Waals surface area contributed by atoms with Crippen molar-refractivity contribution in [3.8, 4) is 0 Å². The molecule has 0 aliphatic heterocycles. The second kappa shape index (κ2) is 6.85. The average Bonchev–Trinajstić information content (AvgIpc) is 2.62. The minimum absolute atomic E-state index is 0. The molecule has 0 aliphatic carbocycles. The zero-order valence-electron chi connectivity index (χ0n) is 8.86. The number of hydrogen-bond donors (Lipinski definition) is 1. The maximum absolute atomic E-state index is 9.52. The van der Waals surface area contributed by atoms with E-state index < -0.39 is 0 Å². The third kappa shape index (κ3) is 3.68. The van der Waals surface area contributed by atoms with Crippen LogP contribution in [0.2, 0.25) is 0 Å². The van der Waals surface area contributed by atoms with Crippen molar-refractivity contribution in [2.45, 2.75) is 45.9 Å². The molecule has 1 heterocycles. The van der Waals surface area contributed by atoms with Crippen LogP contribution in [0.3, 0.4) is 0 Å². The van der Waals surface area contributed by atoms with Crippen molar-refractivity contribution in [2.24, 2.45) is 0 Å². The lowest BCUT2D eigenvalue weighted by molar-refractivity contribution is -0.697. The highest BCUT2D eigenvalue weighted by atomic mass is 35.5. The smallest absolute Gasteiger partial charge is 0.245 e. The van der Waals surface area contributed by atoms with E-state index in [4.69, 9.17) is 0 Å². The Morgan fingerprint density at radius 1 is 1.43 bits per heavy atom. The summed E-state index contributed by atoms with van der Waals surface area (Å²) < 4.78 is 3.96. The Kier molecular flexibility index (Phi) is 6.58. The molecule has 4 heteroatoms. The first-order valence-corrected chi connectivity index (χ1v) is 5.02. The molecule has 0 radical (unpaired) electrons. The predicted octanol–water partition coefficient (Wildman–Crippen LogP) is -1.52. The van der Waals surface area contributed by atoms with Crippen LogP contribution in [-0.2, 0) is 6.54 Å². The lowest BCUT2D eigenvalue weighted by Crippen LogP contribution is -3.00. The van der Waals surface area contributed by atoms with E-state index >= 15 is 0 Å². The molecule has 0 aromatic carbocycles. The molecule has 0 saturated heterocycles. The van der Waals surface area contributed by atoms with Crippen LogP contribution in [-0.4, -0.2) is 9.67 Å². The normalized spacial score (nSPS) is 12.2. The fraction of sp³-hybridized carbons (Fsp3) is 0.700. The van der Waals surface area contributed by atoms with Gasteiger partial charge in [0.05, 0.1) is 6.54 Å². The predicted molar refractivity (Wildman–Crippen MR) is 51.1 cm³/mol. The van der Waals surface area contributed by atoms with Crippen LogP contribution in [0.1, 0.15) is 39.3 Å². The van der Waals surface area contributed by atoms with Gasteiger partial charge in [0.1, 0.15) is 12.4 Å². The molecule has 3 nitrogen and oxygen atoms in total. The summed E-state index contributed by atoms with van der Waals surface area (Å²) in [6.07, 6.45) is 8.67. The Hall–Kier alpha value is -0.540. The molecule has 1 atom stereocenters. The van der Waals surface area contributed by atoms with Crippen LogP contribution in [0.5, 0.6) is 0 Å². The van der Waals surface area contributed by atoms with Crippen molar-refractivity contribution in [2.75, 3.05) is 0 Å². The van der Waals surface area contributed by atoms with E-state index in [0.29, 0.717) is 0 Å². The number of aromatic nitrogens is 2. The van der Waals surface area contributed by atoms with Gasteiger partial charge < -0.3 is 17.5 Å². The van der Waals surface area contributed by atoms with Crippen molar-refractivity contribution >= 4 is 0 Å². The van der Waals surface area contributed by atoms with Crippen LogP contribution in [0.15, 0.2) is 18.7 Å². The molecule has 1 aromatic heterocycles. The van der Waals surface area contributed by atoms with Crippen LogP contribution >= 0.6 is 0 Å². The highest BCUT2D eigenvalue weighted by Crippen LogP contribution is 2.03. The van der Waals surface area contributed by atoms with Crippen molar-refractivity contribution in [1.29, 1.82) is 0 Å². The van der Waals surface area contributed by atoms with Gasteiger partial charge in [0.2, 0.25) is 6.33 Å². The Labute approximate surface area is 91.8 Å². The van der Waals surface area contributed by atoms with Gasteiger partial charge in [0.15, 0.2) is 6.23 Å². The van der Waals surface area contributed by atoms with Crippen LogP contribution < -0.4 is 17.0 Å². The maximum atomic E-state index is 9.52. The Morgan fingerprint density at radius 3 is 2.71 bits per heavy atom. The highest BCUT2D eigenvalue weighted by molar-refractivity contribution is 4.68. The second-order valence-corrected chi connectivity index (χ2v) is 3.34. The number of imidazole rings is 1. The number of aliphatic hydroxyl groups excluding tert-OH is 1. The maximum Gasteiger partial charge on any atom is 0.245 e. The number of aryl methyl sites for hydroxylation is 1. The highest BCUT2D eigenvalue weighted by Gasteiger charge is 2.09. The van der Waals surface area contributed by atoms with Gasteiger partial charge in [-0.25, -0.2) is 9.13 Å². The Morgan fingerprint density at radius 2 is 2.14 bits per heavy atom. The number of unbranched alkanes of at least 4 members (excludes halogenated alkanes) is 1. The Bertz CT molecular complexity index is 250. The van der Waals surface area contributed by atoms with Gasteiger partial charge in [-0.15, -0.1) is 0 Å². The minimum Gasteiger partial charge on any atom is -1.00 e. The summed E-state index contributed by atoms with van der Waals surface area (Å²) in [7, 11) is 0. The number of nitrogens with zero attached hydrogens (tertiary/aromatic N) is 2. The van der Waals surface area contributed by atoms with Gasteiger partial charge in [0, 0.05) is 6.42 Å². The molecule has 14 heavy (non-hydrogen) atoms. The summed E-state index contributed by atoms with van der Waals surface area (Å²) in [5, 5.41) is 9.52. The summed E-state index contributed by atoms with van der Waals surface area (Å²) >= 11 is 0. The second-order valence-electron chi connectivity index (χ2n) is 3.34. The standard InChI is InChI=1S/C10H19N2O.ClH/c1-3-5-6-11-7-8-12(9-11)10(13)4-2;/h7-10,13H,3-6H2,1-2H3;1H/q+1;/p-1. The Balaban J connectivity index is 0.00000169. The number of halogens is 1. The van der Waals surface area contributed by atoms with Crippen molar-refractivity contribution in [1.82, 2.24) is 4.57 Å².